The molecule has 0 radical (unpaired) electrons. The van der Waals surface area contributed by atoms with Crippen molar-refractivity contribution in [1.29, 1.82) is 0 Å². The van der Waals surface area contributed by atoms with Gasteiger partial charge >= 0.3 is 0 Å². The van der Waals surface area contributed by atoms with Crippen LogP contribution >= 0.6 is 12.4 Å². The molecule has 1 aromatic carbocycles. The minimum Gasteiger partial charge on any atom is -0.507 e. The normalized spacial score (nSPS) is 19.0. The minimum absolute atomic E-state index is 0. The Balaban J connectivity index is 0.00000144. The molecule has 0 aromatic heterocycles. The van der Waals surface area contributed by atoms with E-state index >= 15 is 0 Å². The molecule has 0 heterocycles. The zero-order chi connectivity index (χ0) is 11.7. The van der Waals surface area contributed by atoms with Crippen molar-refractivity contribution in [2.75, 3.05) is 0 Å². The van der Waals surface area contributed by atoms with Crippen molar-refractivity contribution in [3.8, 4) is 5.75 Å². The van der Waals surface area contributed by atoms with Gasteiger partial charge in [-0.2, -0.15) is 0 Å². The van der Waals surface area contributed by atoms with Crippen molar-refractivity contribution in [2.45, 2.75) is 38.3 Å². The summed E-state index contributed by atoms with van der Waals surface area (Å²) in [5.74, 6) is 0.517. The van der Waals surface area contributed by atoms with Crippen LogP contribution in [0.3, 0.4) is 0 Å². The van der Waals surface area contributed by atoms with Crippen molar-refractivity contribution in [3.63, 3.8) is 0 Å². The number of aliphatic hydroxyl groups is 1. The number of benzene rings is 1. The predicted molar refractivity (Wildman–Crippen MR) is 70.4 cm³/mol. The maximum absolute atomic E-state index is 10.1. The van der Waals surface area contributed by atoms with E-state index in [4.69, 9.17) is 5.73 Å². The zero-order valence-electron chi connectivity index (χ0n) is 9.97. The number of aryl methyl sites for hydroxylation is 1. The molecular weight excluding hydrogens is 238 g/mol. The van der Waals surface area contributed by atoms with Crippen molar-refractivity contribution in [3.05, 3.63) is 29.3 Å². The first-order valence-electron chi connectivity index (χ1n) is 5.83. The average molecular weight is 258 g/mol. The molecule has 1 aromatic rings. The van der Waals surface area contributed by atoms with Crippen LogP contribution in [0.25, 0.3) is 0 Å². The molecule has 1 aliphatic carbocycles. The summed E-state index contributed by atoms with van der Waals surface area (Å²) in [5.41, 5.74) is 7.46. The van der Waals surface area contributed by atoms with Gasteiger partial charge in [0.2, 0.25) is 0 Å². The maximum Gasteiger partial charge on any atom is 0.123 e. The second-order valence-electron chi connectivity index (χ2n) is 4.72. The van der Waals surface area contributed by atoms with Crippen LogP contribution in [0.5, 0.6) is 5.75 Å². The summed E-state index contributed by atoms with van der Waals surface area (Å²) in [6, 6.07) is 5.00. The summed E-state index contributed by atoms with van der Waals surface area (Å²) in [6.45, 7) is 1.83. The van der Waals surface area contributed by atoms with Crippen molar-refractivity contribution < 1.29 is 10.2 Å². The molecule has 0 saturated heterocycles. The molecule has 96 valence electrons. The van der Waals surface area contributed by atoms with Gasteiger partial charge in [-0.3, -0.25) is 0 Å². The lowest BCUT2D eigenvalue weighted by Crippen LogP contribution is -2.36. The van der Waals surface area contributed by atoms with E-state index in [2.05, 4.69) is 0 Å². The number of hydrogen-bond acceptors (Lipinski definition) is 3. The third kappa shape index (κ3) is 2.73. The molecule has 3 nitrogen and oxygen atoms in total. The number of phenols is 1. The first-order chi connectivity index (χ1) is 7.61. The Bertz CT molecular complexity index is 380. The molecule has 0 bridgehead atoms. The van der Waals surface area contributed by atoms with Gasteiger partial charge in [0.15, 0.2) is 0 Å². The number of aliphatic hydroxyl groups excluding tert-OH is 1. The molecule has 0 aliphatic heterocycles. The molecule has 4 N–H and O–H groups in total. The highest BCUT2D eigenvalue weighted by molar-refractivity contribution is 5.85. The van der Waals surface area contributed by atoms with Gasteiger partial charge in [-0.1, -0.05) is 24.6 Å². The van der Waals surface area contributed by atoms with E-state index < -0.39 is 12.1 Å². The van der Waals surface area contributed by atoms with Crippen LogP contribution in [0.4, 0.5) is 0 Å². The fourth-order valence-corrected chi connectivity index (χ4v) is 2.21. The van der Waals surface area contributed by atoms with Crippen molar-refractivity contribution >= 4 is 12.4 Å². The lowest BCUT2D eigenvalue weighted by Gasteiger charge is -2.34. The van der Waals surface area contributed by atoms with E-state index in [1.54, 1.807) is 6.07 Å². The van der Waals surface area contributed by atoms with Gasteiger partial charge in [-0.05, 0) is 31.2 Å². The van der Waals surface area contributed by atoms with Crippen LogP contribution in [0.2, 0.25) is 0 Å². The van der Waals surface area contributed by atoms with E-state index in [0.717, 1.165) is 18.4 Å². The van der Waals surface area contributed by atoms with E-state index in [1.807, 2.05) is 19.1 Å². The lowest BCUT2D eigenvalue weighted by atomic mass is 9.77. The second-order valence-corrected chi connectivity index (χ2v) is 4.72. The highest BCUT2D eigenvalue weighted by Gasteiger charge is 2.31. The van der Waals surface area contributed by atoms with Gasteiger partial charge in [0.05, 0.1) is 12.1 Å². The lowest BCUT2D eigenvalue weighted by molar-refractivity contribution is 0.0407. The largest absolute Gasteiger partial charge is 0.507 e. The topological polar surface area (TPSA) is 66.5 Å². The Kier molecular flexibility index (Phi) is 4.80. The molecule has 1 fully saturated rings. The van der Waals surface area contributed by atoms with Crippen LogP contribution in [0, 0.1) is 12.8 Å². The van der Waals surface area contributed by atoms with Crippen LogP contribution < -0.4 is 5.73 Å². The zero-order valence-corrected chi connectivity index (χ0v) is 10.8. The first-order valence-corrected chi connectivity index (χ1v) is 5.83. The Morgan fingerprint density at radius 2 is 2.00 bits per heavy atom. The van der Waals surface area contributed by atoms with Gasteiger partial charge < -0.3 is 15.9 Å². The van der Waals surface area contributed by atoms with E-state index in [0.29, 0.717) is 11.5 Å². The molecule has 0 amide bonds. The van der Waals surface area contributed by atoms with E-state index in [1.165, 1.54) is 6.42 Å². The monoisotopic (exact) mass is 257 g/mol. The summed E-state index contributed by atoms with van der Waals surface area (Å²) in [6.07, 6.45) is 2.72. The number of nitrogens with two attached hydrogens (primary N) is 1. The molecule has 0 spiro atoms. The highest BCUT2D eigenvalue weighted by Crippen LogP contribution is 2.36. The van der Waals surface area contributed by atoms with Gasteiger partial charge in [0, 0.05) is 5.56 Å². The van der Waals surface area contributed by atoms with Crippen LogP contribution in [0.1, 0.15) is 36.4 Å². The number of hydrogen-bond donors (Lipinski definition) is 3. The fraction of sp³-hybridized carbons (Fsp3) is 0.538. The third-order valence-corrected chi connectivity index (χ3v) is 3.63. The molecule has 2 rings (SSSR count). The van der Waals surface area contributed by atoms with Crippen LogP contribution in [0.15, 0.2) is 18.2 Å². The average Bonchev–Trinajstić information content (AvgIpc) is 2.18. The standard InChI is InChI=1S/C13H19NO2.ClH/c1-8-4-2-7-10(12(8)15)11(14)13(16)9-5-3-6-9;/h2,4,7,9,11,13,15-16H,3,5-6,14H2,1H3;1H/t11-,13+;/m1./s1. The maximum atomic E-state index is 10.1. The summed E-state index contributed by atoms with van der Waals surface area (Å²) < 4.78 is 0. The third-order valence-electron chi connectivity index (χ3n) is 3.63. The smallest absolute Gasteiger partial charge is 0.123 e. The molecular formula is C13H20ClNO2. The van der Waals surface area contributed by atoms with Gasteiger partial charge in [-0.15, -0.1) is 12.4 Å². The number of para-hydroxylation sites is 1. The molecule has 1 aliphatic rings. The number of halogens is 1. The Hall–Kier alpha value is -0.770. The van der Waals surface area contributed by atoms with E-state index in [-0.39, 0.29) is 18.2 Å². The number of rotatable bonds is 3. The fourth-order valence-electron chi connectivity index (χ4n) is 2.21. The van der Waals surface area contributed by atoms with Crippen LogP contribution in [-0.4, -0.2) is 16.3 Å². The van der Waals surface area contributed by atoms with Crippen molar-refractivity contribution in [2.24, 2.45) is 11.7 Å². The summed E-state index contributed by atoms with van der Waals surface area (Å²) in [7, 11) is 0. The molecule has 1 saturated carbocycles. The van der Waals surface area contributed by atoms with Gasteiger partial charge in [0.25, 0.3) is 0 Å². The van der Waals surface area contributed by atoms with Gasteiger partial charge in [-0.25, -0.2) is 0 Å². The quantitative estimate of drug-likeness (QED) is 0.778. The SMILES string of the molecule is Cc1cccc([C@@H](N)[C@@H](O)C2CCC2)c1O.Cl. The summed E-state index contributed by atoms with van der Waals surface area (Å²) in [4.78, 5) is 0. The number of phenolic OH excluding ortho intramolecular Hbond substituents is 1. The Labute approximate surface area is 108 Å². The van der Waals surface area contributed by atoms with Crippen LogP contribution in [-0.2, 0) is 0 Å². The highest BCUT2D eigenvalue weighted by atomic mass is 35.5. The van der Waals surface area contributed by atoms with E-state index in [9.17, 15) is 10.2 Å². The first kappa shape index (κ1) is 14.3. The minimum atomic E-state index is -0.540. The second kappa shape index (κ2) is 5.71. The van der Waals surface area contributed by atoms with Crippen molar-refractivity contribution in [1.82, 2.24) is 0 Å². The molecule has 2 atom stereocenters. The Morgan fingerprint density at radius 3 is 2.53 bits per heavy atom. The summed E-state index contributed by atoms with van der Waals surface area (Å²) >= 11 is 0. The number of aromatic hydroxyl groups is 1. The predicted octanol–water partition coefficient (Wildman–Crippen LogP) is 2.28. The Morgan fingerprint density at radius 1 is 1.35 bits per heavy atom. The molecule has 0 unspecified atom stereocenters. The molecule has 4 heteroatoms. The molecule has 17 heavy (non-hydrogen) atoms. The van der Waals surface area contributed by atoms with Gasteiger partial charge in [0.1, 0.15) is 5.75 Å². The summed E-state index contributed by atoms with van der Waals surface area (Å²) in [5, 5.41) is 20.0.